The molecule has 2 aromatic rings. The van der Waals surface area contributed by atoms with E-state index in [9.17, 15) is 9.18 Å². The first kappa shape index (κ1) is 18.5. The second kappa shape index (κ2) is 7.55. The number of rotatable bonds is 4. The minimum Gasteiger partial charge on any atom is -0.378 e. The Morgan fingerprint density at radius 3 is 2.77 bits per heavy atom. The van der Waals surface area contributed by atoms with Crippen LogP contribution < -0.4 is 0 Å². The molecule has 1 aromatic heterocycles. The normalized spacial score (nSPS) is 18.1. The summed E-state index contributed by atoms with van der Waals surface area (Å²) >= 11 is 0. The maximum absolute atomic E-state index is 14.2. The van der Waals surface area contributed by atoms with E-state index in [1.165, 1.54) is 6.07 Å². The van der Waals surface area contributed by atoms with E-state index in [4.69, 9.17) is 4.74 Å². The number of nitrogens with zero attached hydrogens (tertiary/aromatic N) is 4. The average molecular weight is 360 g/mol. The van der Waals surface area contributed by atoms with Crippen LogP contribution in [0.4, 0.5) is 4.39 Å². The number of ether oxygens (including phenoxy) is 1. The van der Waals surface area contributed by atoms with Crippen molar-refractivity contribution in [3.63, 3.8) is 0 Å². The number of para-hydroxylation sites is 1. The highest BCUT2D eigenvalue weighted by Gasteiger charge is 2.31. The Bertz CT molecular complexity index is 803. The van der Waals surface area contributed by atoms with Gasteiger partial charge in [-0.15, -0.1) is 0 Å². The molecule has 0 saturated carbocycles. The predicted octanol–water partition coefficient (Wildman–Crippen LogP) is 2.09. The molecule has 2 heterocycles. The molecule has 1 unspecified atom stereocenters. The molecule has 0 bridgehead atoms. The highest BCUT2D eigenvalue weighted by Crippen LogP contribution is 2.31. The Morgan fingerprint density at radius 2 is 2.08 bits per heavy atom. The summed E-state index contributed by atoms with van der Waals surface area (Å²) in [4.78, 5) is 15.9. The monoisotopic (exact) mass is 360 g/mol. The van der Waals surface area contributed by atoms with Crippen LogP contribution in [0, 0.1) is 19.7 Å². The smallest absolute Gasteiger partial charge is 0.236 e. The third-order valence-corrected chi connectivity index (χ3v) is 4.84. The lowest BCUT2D eigenvalue weighted by Crippen LogP contribution is -2.45. The lowest BCUT2D eigenvalue weighted by molar-refractivity contribution is -0.132. The third-order valence-electron chi connectivity index (χ3n) is 4.84. The summed E-state index contributed by atoms with van der Waals surface area (Å²) in [6, 6.07) is 6.52. The van der Waals surface area contributed by atoms with E-state index in [0.717, 1.165) is 17.0 Å². The number of hydrogen-bond donors (Lipinski definition) is 0. The molecule has 1 amide bonds. The zero-order chi connectivity index (χ0) is 18.8. The largest absolute Gasteiger partial charge is 0.378 e. The van der Waals surface area contributed by atoms with Crippen molar-refractivity contribution < 1.29 is 13.9 Å². The number of aromatic nitrogens is 2. The van der Waals surface area contributed by atoms with Crippen LogP contribution in [0.25, 0.3) is 5.69 Å². The molecule has 1 fully saturated rings. The van der Waals surface area contributed by atoms with E-state index in [1.807, 2.05) is 13.8 Å². The van der Waals surface area contributed by atoms with Crippen LogP contribution in [0.15, 0.2) is 24.3 Å². The van der Waals surface area contributed by atoms with Crippen molar-refractivity contribution in [2.75, 3.05) is 40.4 Å². The second-order valence-corrected chi connectivity index (χ2v) is 6.80. The molecule has 0 aliphatic carbocycles. The molecule has 1 aliphatic heterocycles. The number of morpholine rings is 1. The topological polar surface area (TPSA) is 50.6 Å². The quantitative estimate of drug-likeness (QED) is 0.838. The first-order valence-electron chi connectivity index (χ1n) is 8.73. The van der Waals surface area contributed by atoms with Gasteiger partial charge in [-0.3, -0.25) is 9.69 Å². The van der Waals surface area contributed by atoms with Gasteiger partial charge in [0.25, 0.3) is 0 Å². The number of carbonyl (C=O) groups excluding carboxylic acids is 1. The molecule has 1 atom stereocenters. The van der Waals surface area contributed by atoms with Gasteiger partial charge in [0.1, 0.15) is 11.5 Å². The van der Waals surface area contributed by atoms with E-state index in [2.05, 4.69) is 10.00 Å². The van der Waals surface area contributed by atoms with Crippen LogP contribution in [0.5, 0.6) is 0 Å². The Kier molecular flexibility index (Phi) is 5.38. The lowest BCUT2D eigenvalue weighted by atomic mass is 10.0. The van der Waals surface area contributed by atoms with E-state index in [1.54, 1.807) is 41.9 Å². The minimum atomic E-state index is -0.316. The van der Waals surface area contributed by atoms with Gasteiger partial charge in [0.15, 0.2) is 0 Å². The summed E-state index contributed by atoms with van der Waals surface area (Å²) in [5.74, 6) is -0.266. The fraction of sp³-hybridized carbons (Fsp3) is 0.474. The fourth-order valence-corrected chi connectivity index (χ4v) is 3.40. The maximum atomic E-state index is 14.2. The number of hydrogen-bond acceptors (Lipinski definition) is 4. The molecule has 6 nitrogen and oxygen atoms in total. The number of halogens is 1. The minimum absolute atomic E-state index is 0.0497. The average Bonchev–Trinajstić information content (AvgIpc) is 2.90. The SMILES string of the molecule is Cc1nn(-c2ccccc2F)c(C)c1C1COCCN1CC(=O)N(C)C. The molecule has 7 heteroatoms. The van der Waals surface area contributed by atoms with Crippen molar-refractivity contribution >= 4 is 5.91 Å². The number of amides is 1. The molecule has 0 N–H and O–H groups in total. The standard InChI is InChI=1S/C19H25FN4O2/c1-13-19(14(2)24(21-13)16-8-6-5-7-15(16)20)17-12-26-10-9-23(17)11-18(25)22(3)4/h5-8,17H,9-12H2,1-4H3. The van der Waals surface area contributed by atoms with Gasteiger partial charge in [-0.1, -0.05) is 12.1 Å². The molecule has 1 saturated heterocycles. The maximum Gasteiger partial charge on any atom is 0.236 e. The van der Waals surface area contributed by atoms with Crippen molar-refractivity contribution in [3.8, 4) is 5.69 Å². The molecule has 140 valence electrons. The summed E-state index contributed by atoms with van der Waals surface area (Å²) < 4.78 is 21.5. The van der Waals surface area contributed by atoms with Gasteiger partial charge in [-0.05, 0) is 26.0 Å². The fourth-order valence-electron chi connectivity index (χ4n) is 3.40. The highest BCUT2D eigenvalue weighted by atomic mass is 19.1. The molecule has 1 aliphatic rings. The van der Waals surface area contributed by atoms with Crippen LogP contribution >= 0.6 is 0 Å². The molecular formula is C19H25FN4O2. The van der Waals surface area contributed by atoms with E-state index in [0.29, 0.717) is 32.0 Å². The van der Waals surface area contributed by atoms with Crippen LogP contribution in [0.1, 0.15) is 23.0 Å². The molecule has 0 spiro atoms. The summed E-state index contributed by atoms with van der Waals surface area (Å²) in [5.41, 5.74) is 3.11. The van der Waals surface area contributed by atoms with Crippen molar-refractivity contribution in [1.29, 1.82) is 0 Å². The van der Waals surface area contributed by atoms with E-state index < -0.39 is 0 Å². The Balaban J connectivity index is 1.97. The van der Waals surface area contributed by atoms with E-state index in [-0.39, 0.29) is 17.8 Å². The third kappa shape index (κ3) is 3.50. The number of likely N-dealkylation sites (N-methyl/N-ethyl adjacent to an activating group) is 1. The summed E-state index contributed by atoms with van der Waals surface area (Å²) in [6.07, 6.45) is 0. The van der Waals surface area contributed by atoms with Gasteiger partial charge >= 0.3 is 0 Å². The summed E-state index contributed by atoms with van der Waals surface area (Å²) in [6.45, 7) is 5.93. The number of aryl methyl sites for hydroxylation is 1. The molecule has 0 radical (unpaired) electrons. The number of carbonyl (C=O) groups is 1. The van der Waals surface area contributed by atoms with Gasteiger partial charge in [-0.25, -0.2) is 9.07 Å². The van der Waals surface area contributed by atoms with Crippen LogP contribution in [0.2, 0.25) is 0 Å². The second-order valence-electron chi connectivity index (χ2n) is 6.80. The first-order chi connectivity index (χ1) is 12.4. The van der Waals surface area contributed by atoms with Crippen molar-refractivity contribution in [3.05, 3.63) is 47.0 Å². The van der Waals surface area contributed by atoms with Gasteiger partial charge in [-0.2, -0.15) is 5.10 Å². The van der Waals surface area contributed by atoms with Gasteiger partial charge in [0.2, 0.25) is 5.91 Å². The van der Waals surface area contributed by atoms with Gasteiger partial charge in [0.05, 0.1) is 31.5 Å². The Hall–Kier alpha value is -2.25. The zero-order valence-corrected chi connectivity index (χ0v) is 15.7. The first-order valence-corrected chi connectivity index (χ1v) is 8.73. The van der Waals surface area contributed by atoms with Crippen LogP contribution in [0.3, 0.4) is 0 Å². The van der Waals surface area contributed by atoms with Crippen LogP contribution in [-0.4, -0.2) is 65.9 Å². The van der Waals surface area contributed by atoms with E-state index >= 15 is 0 Å². The van der Waals surface area contributed by atoms with Crippen molar-refractivity contribution in [2.45, 2.75) is 19.9 Å². The molecule has 26 heavy (non-hydrogen) atoms. The Labute approximate surface area is 153 Å². The highest BCUT2D eigenvalue weighted by molar-refractivity contribution is 5.77. The predicted molar refractivity (Wildman–Crippen MR) is 96.8 cm³/mol. The van der Waals surface area contributed by atoms with Crippen molar-refractivity contribution in [2.24, 2.45) is 0 Å². The lowest BCUT2D eigenvalue weighted by Gasteiger charge is -2.36. The van der Waals surface area contributed by atoms with Gasteiger partial charge < -0.3 is 9.64 Å². The zero-order valence-electron chi connectivity index (χ0n) is 15.7. The molecule has 3 rings (SSSR count). The Morgan fingerprint density at radius 1 is 1.35 bits per heavy atom. The van der Waals surface area contributed by atoms with Gasteiger partial charge in [0, 0.05) is 31.9 Å². The van der Waals surface area contributed by atoms with Crippen LogP contribution in [-0.2, 0) is 9.53 Å². The number of benzene rings is 1. The molecular weight excluding hydrogens is 335 g/mol. The summed E-state index contributed by atoms with van der Waals surface area (Å²) in [5, 5.41) is 4.56. The van der Waals surface area contributed by atoms with Crippen molar-refractivity contribution in [1.82, 2.24) is 19.6 Å². The molecule has 1 aromatic carbocycles. The summed E-state index contributed by atoms with van der Waals surface area (Å²) in [7, 11) is 3.51.